The Balaban J connectivity index is 1.99. The van der Waals surface area contributed by atoms with Gasteiger partial charge in [-0.3, -0.25) is 9.59 Å². The molecule has 0 N–H and O–H groups in total. The molecule has 0 amide bonds. The van der Waals surface area contributed by atoms with Gasteiger partial charge in [-0.2, -0.15) is 0 Å². The number of hydrogen-bond donors (Lipinski definition) is 0. The van der Waals surface area contributed by atoms with Crippen molar-refractivity contribution in [2.45, 2.75) is 6.42 Å². The molecular weight excluding hydrogens is 268 g/mol. The first kappa shape index (κ1) is 13.6. The summed E-state index contributed by atoms with van der Waals surface area (Å²) >= 11 is 0. The van der Waals surface area contributed by atoms with Gasteiger partial charge in [0.2, 0.25) is 0 Å². The molecule has 0 aliphatic heterocycles. The summed E-state index contributed by atoms with van der Waals surface area (Å²) in [4.78, 5) is 24.1. The van der Waals surface area contributed by atoms with Gasteiger partial charge in [0.25, 0.3) is 0 Å². The molecule has 0 saturated heterocycles. The Morgan fingerprint density at radius 3 is 2.38 bits per heavy atom. The first-order valence-corrected chi connectivity index (χ1v) is 6.85. The second-order valence-corrected chi connectivity index (χ2v) is 5.20. The predicted molar refractivity (Wildman–Crippen MR) is 78.4 cm³/mol. The highest BCUT2D eigenvalue weighted by Crippen LogP contribution is 2.43. The van der Waals surface area contributed by atoms with E-state index in [0.717, 1.165) is 16.5 Å². The summed E-state index contributed by atoms with van der Waals surface area (Å²) in [5, 5.41) is 1.76. The van der Waals surface area contributed by atoms with Gasteiger partial charge in [-0.15, -0.1) is 0 Å². The third-order valence-electron chi connectivity index (χ3n) is 4.00. The molecular formula is C17H16O4. The lowest BCUT2D eigenvalue weighted by Crippen LogP contribution is -2.10. The van der Waals surface area contributed by atoms with Crippen molar-refractivity contribution in [2.75, 3.05) is 14.2 Å². The standard InChI is InChI=1S/C17H16O4/c1-20-15-8-7-12(10-5-3-4-6-11(10)15)16(18)13-9-14(13)17(19)21-2/h3-8,13-14H,9H2,1-2H3. The van der Waals surface area contributed by atoms with E-state index in [0.29, 0.717) is 12.0 Å². The zero-order valence-corrected chi connectivity index (χ0v) is 12.0. The van der Waals surface area contributed by atoms with Crippen molar-refractivity contribution in [3.8, 4) is 5.75 Å². The molecule has 0 radical (unpaired) electrons. The van der Waals surface area contributed by atoms with Gasteiger partial charge in [0.15, 0.2) is 5.78 Å². The van der Waals surface area contributed by atoms with Crippen molar-refractivity contribution < 1.29 is 19.1 Å². The first-order valence-electron chi connectivity index (χ1n) is 6.85. The minimum atomic E-state index is -0.300. The normalized spacial score (nSPS) is 20.1. The Labute approximate surface area is 122 Å². The molecule has 1 saturated carbocycles. The fourth-order valence-electron chi connectivity index (χ4n) is 2.76. The Bertz CT molecular complexity index is 720. The van der Waals surface area contributed by atoms with Crippen LogP contribution in [0.15, 0.2) is 36.4 Å². The first-order chi connectivity index (χ1) is 10.2. The molecule has 0 aromatic heterocycles. The van der Waals surface area contributed by atoms with Gasteiger partial charge in [-0.1, -0.05) is 24.3 Å². The average Bonchev–Trinajstić information content (AvgIpc) is 3.33. The quantitative estimate of drug-likeness (QED) is 0.640. The minimum absolute atomic E-state index is 0.00394. The van der Waals surface area contributed by atoms with Gasteiger partial charge < -0.3 is 9.47 Å². The van der Waals surface area contributed by atoms with Gasteiger partial charge in [0.05, 0.1) is 20.1 Å². The Hall–Kier alpha value is -2.36. The molecule has 108 valence electrons. The van der Waals surface area contributed by atoms with Crippen LogP contribution < -0.4 is 4.74 Å². The van der Waals surface area contributed by atoms with Crippen molar-refractivity contribution in [1.29, 1.82) is 0 Å². The summed E-state index contributed by atoms with van der Waals surface area (Å²) in [7, 11) is 2.96. The SMILES string of the molecule is COC(=O)C1CC1C(=O)c1ccc(OC)c2ccccc12. The van der Waals surface area contributed by atoms with Crippen molar-refractivity contribution in [2.24, 2.45) is 11.8 Å². The number of hydrogen-bond acceptors (Lipinski definition) is 4. The number of carbonyl (C=O) groups is 2. The van der Waals surface area contributed by atoms with E-state index in [4.69, 9.17) is 9.47 Å². The molecule has 1 aliphatic carbocycles. The summed E-state index contributed by atoms with van der Waals surface area (Å²) in [5.41, 5.74) is 0.641. The van der Waals surface area contributed by atoms with Crippen LogP contribution in [0.5, 0.6) is 5.75 Å². The van der Waals surface area contributed by atoms with Crippen LogP contribution in [0.2, 0.25) is 0 Å². The molecule has 1 aliphatic rings. The molecule has 2 aromatic carbocycles. The van der Waals surface area contributed by atoms with Crippen LogP contribution in [0.3, 0.4) is 0 Å². The summed E-state index contributed by atoms with van der Waals surface area (Å²) in [5.74, 6) is -0.101. The summed E-state index contributed by atoms with van der Waals surface area (Å²) in [6, 6.07) is 11.2. The van der Waals surface area contributed by atoms with Crippen LogP contribution in [-0.4, -0.2) is 26.0 Å². The second kappa shape index (κ2) is 5.20. The molecule has 0 spiro atoms. The lowest BCUT2D eigenvalue weighted by molar-refractivity contribution is -0.142. The number of ether oxygens (including phenoxy) is 2. The van der Waals surface area contributed by atoms with Crippen LogP contribution in [0.4, 0.5) is 0 Å². The highest BCUT2D eigenvalue weighted by Gasteiger charge is 2.49. The zero-order valence-electron chi connectivity index (χ0n) is 12.0. The highest BCUT2D eigenvalue weighted by atomic mass is 16.5. The monoisotopic (exact) mass is 284 g/mol. The van der Waals surface area contributed by atoms with E-state index in [1.807, 2.05) is 24.3 Å². The molecule has 21 heavy (non-hydrogen) atoms. The second-order valence-electron chi connectivity index (χ2n) is 5.20. The number of esters is 1. The maximum absolute atomic E-state index is 12.6. The molecule has 3 rings (SSSR count). The van der Waals surface area contributed by atoms with Crippen LogP contribution in [0.1, 0.15) is 16.8 Å². The van der Waals surface area contributed by atoms with E-state index in [1.54, 1.807) is 19.2 Å². The number of Topliss-reactive ketones (excluding diaryl/α,β-unsaturated/α-hetero) is 1. The summed E-state index contributed by atoms with van der Waals surface area (Å²) < 4.78 is 10.0. The van der Waals surface area contributed by atoms with Crippen LogP contribution in [-0.2, 0) is 9.53 Å². The third kappa shape index (κ3) is 2.27. The maximum Gasteiger partial charge on any atom is 0.309 e. The Kier molecular flexibility index (Phi) is 3.37. The fourth-order valence-corrected chi connectivity index (χ4v) is 2.76. The van der Waals surface area contributed by atoms with Gasteiger partial charge in [0, 0.05) is 16.9 Å². The van der Waals surface area contributed by atoms with E-state index in [-0.39, 0.29) is 23.6 Å². The minimum Gasteiger partial charge on any atom is -0.496 e. The number of methoxy groups -OCH3 is 2. The van der Waals surface area contributed by atoms with Crippen LogP contribution in [0, 0.1) is 11.8 Å². The number of ketones is 1. The number of rotatable bonds is 4. The van der Waals surface area contributed by atoms with Crippen molar-refractivity contribution >= 4 is 22.5 Å². The lowest BCUT2D eigenvalue weighted by Gasteiger charge is -2.09. The predicted octanol–water partition coefficient (Wildman–Crippen LogP) is 2.84. The van der Waals surface area contributed by atoms with E-state index >= 15 is 0 Å². The average molecular weight is 284 g/mol. The fraction of sp³-hybridized carbons (Fsp3) is 0.294. The van der Waals surface area contributed by atoms with Gasteiger partial charge >= 0.3 is 5.97 Å². The number of carbonyl (C=O) groups excluding carboxylic acids is 2. The van der Waals surface area contributed by atoms with E-state index in [1.165, 1.54) is 7.11 Å². The molecule has 4 heteroatoms. The molecule has 4 nitrogen and oxygen atoms in total. The Morgan fingerprint density at radius 2 is 1.71 bits per heavy atom. The molecule has 2 atom stereocenters. The molecule has 0 heterocycles. The lowest BCUT2D eigenvalue weighted by atomic mass is 9.98. The van der Waals surface area contributed by atoms with E-state index in [2.05, 4.69) is 0 Å². The van der Waals surface area contributed by atoms with Gasteiger partial charge in [0.1, 0.15) is 5.75 Å². The van der Waals surface area contributed by atoms with Gasteiger partial charge in [-0.05, 0) is 23.9 Å². The summed E-state index contributed by atoms with van der Waals surface area (Å²) in [6.07, 6.45) is 0.575. The highest BCUT2D eigenvalue weighted by molar-refractivity contribution is 6.12. The smallest absolute Gasteiger partial charge is 0.309 e. The van der Waals surface area contributed by atoms with Crippen molar-refractivity contribution in [3.63, 3.8) is 0 Å². The third-order valence-corrected chi connectivity index (χ3v) is 4.00. The zero-order chi connectivity index (χ0) is 15.0. The van der Waals surface area contributed by atoms with E-state index in [9.17, 15) is 9.59 Å². The molecule has 2 aromatic rings. The largest absolute Gasteiger partial charge is 0.496 e. The molecule has 1 fully saturated rings. The maximum atomic E-state index is 12.6. The Morgan fingerprint density at radius 1 is 1.00 bits per heavy atom. The topological polar surface area (TPSA) is 52.6 Å². The van der Waals surface area contributed by atoms with Crippen LogP contribution >= 0.6 is 0 Å². The summed E-state index contributed by atoms with van der Waals surface area (Å²) in [6.45, 7) is 0. The number of benzene rings is 2. The van der Waals surface area contributed by atoms with E-state index < -0.39 is 0 Å². The number of fused-ring (bicyclic) bond motifs is 1. The van der Waals surface area contributed by atoms with Crippen molar-refractivity contribution in [1.82, 2.24) is 0 Å². The van der Waals surface area contributed by atoms with Crippen LogP contribution in [0.25, 0.3) is 10.8 Å². The van der Waals surface area contributed by atoms with Gasteiger partial charge in [-0.25, -0.2) is 0 Å². The molecule has 0 bridgehead atoms. The molecule has 2 unspecified atom stereocenters. The van der Waals surface area contributed by atoms with Crippen molar-refractivity contribution in [3.05, 3.63) is 42.0 Å².